The second-order valence-electron chi connectivity index (χ2n) is 6.31. The van der Waals surface area contributed by atoms with Crippen molar-refractivity contribution < 1.29 is 4.79 Å². The Labute approximate surface area is 118 Å². The molecule has 4 heteroatoms. The van der Waals surface area contributed by atoms with E-state index in [1.165, 1.54) is 25.8 Å². The fourth-order valence-electron chi connectivity index (χ4n) is 3.02. The number of nitrogens with two attached hydrogens (primary N) is 1. The Bertz CT molecular complexity index is 291. The minimum atomic E-state index is -0.706. The lowest BCUT2D eigenvalue weighted by Crippen LogP contribution is -2.52. The Morgan fingerprint density at radius 3 is 2.74 bits per heavy atom. The third-order valence-electron chi connectivity index (χ3n) is 4.32. The van der Waals surface area contributed by atoms with Crippen LogP contribution in [-0.4, -0.2) is 54.5 Å². The average molecular weight is 269 g/mol. The highest BCUT2D eigenvalue weighted by atomic mass is 16.2. The molecule has 0 aromatic heterocycles. The Morgan fingerprint density at radius 2 is 2.16 bits per heavy atom. The van der Waals surface area contributed by atoms with E-state index < -0.39 is 5.54 Å². The summed E-state index contributed by atoms with van der Waals surface area (Å²) in [5.41, 5.74) is 5.40. The maximum absolute atomic E-state index is 12.3. The number of likely N-dealkylation sites (N-methyl/N-ethyl adjacent to an activating group) is 1. The highest BCUT2D eigenvalue weighted by Crippen LogP contribution is 2.19. The van der Waals surface area contributed by atoms with E-state index in [1.807, 2.05) is 18.9 Å². The van der Waals surface area contributed by atoms with Crippen molar-refractivity contribution in [3.63, 3.8) is 0 Å². The molecule has 1 amide bonds. The van der Waals surface area contributed by atoms with Gasteiger partial charge in [0.25, 0.3) is 0 Å². The van der Waals surface area contributed by atoms with Gasteiger partial charge in [-0.25, -0.2) is 0 Å². The molecule has 0 aliphatic carbocycles. The molecule has 1 heterocycles. The molecule has 1 rings (SSSR count). The smallest absolute Gasteiger partial charge is 0.242 e. The van der Waals surface area contributed by atoms with Crippen molar-refractivity contribution in [2.24, 2.45) is 5.73 Å². The number of hydrogen-bond donors (Lipinski definition) is 1. The first-order valence-electron chi connectivity index (χ1n) is 7.63. The Balaban J connectivity index is 2.41. The number of carbonyl (C=O) groups is 1. The van der Waals surface area contributed by atoms with Gasteiger partial charge in [-0.15, -0.1) is 0 Å². The first kappa shape index (κ1) is 16.4. The summed E-state index contributed by atoms with van der Waals surface area (Å²) in [7, 11) is 4.07. The quantitative estimate of drug-likeness (QED) is 0.800. The third kappa shape index (κ3) is 4.77. The molecular weight excluding hydrogens is 238 g/mol. The predicted molar refractivity (Wildman–Crippen MR) is 80.0 cm³/mol. The lowest BCUT2D eigenvalue weighted by atomic mass is 9.95. The Kier molecular flexibility index (Phi) is 6.27. The molecule has 2 atom stereocenters. The molecule has 2 N–H and O–H groups in total. The molecule has 0 saturated carbocycles. The van der Waals surface area contributed by atoms with Crippen LogP contribution < -0.4 is 5.73 Å². The number of rotatable bonds is 6. The van der Waals surface area contributed by atoms with Gasteiger partial charge in [0.05, 0.1) is 5.54 Å². The van der Waals surface area contributed by atoms with Gasteiger partial charge in [-0.05, 0) is 46.2 Å². The number of nitrogens with zero attached hydrogens (tertiary/aromatic N) is 2. The highest BCUT2D eigenvalue weighted by Gasteiger charge is 2.30. The molecule has 112 valence electrons. The SMILES string of the molecule is CCCC(C)(N)C(=O)N(C)CCC1CCCCN1C. The highest BCUT2D eigenvalue weighted by molar-refractivity contribution is 5.85. The van der Waals surface area contributed by atoms with Crippen molar-refractivity contribution in [2.45, 2.75) is 64.0 Å². The van der Waals surface area contributed by atoms with Crippen molar-refractivity contribution >= 4 is 5.91 Å². The molecule has 2 unspecified atom stereocenters. The van der Waals surface area contributed by atoms with Gasteiger partial charge in [-0.3, -0.25) is 4.79 Å². The van der Waals surface area contributed by atoms with E-state index in [1.54, 1.807) is 0 Å². The second kappa shape index (κ2) is 7.25. The summed E-state index contributed by atoms with van der Waals surface area (Å²) in [5.74, 6) is 0.0767. The van der Waals surface area contributed by atoms with E-state index in [0.717, 1.165) is 25.8 Å². The van der Waals surface area contributed by atoms with Crippen LogP contribution in [0.25, 0.3) is 0 Å². The van der Waals surface area contributed by atoms with Gasteiger partial charge in [0.2, 0.25) is 5.91 Å². The van der Waals surface area contributed by atoms with E-state index in [4.69, 9.17) is 5.73 Å². The zero-order valence-corrected chi connectivity index (χ0v) is 13.1. The van der Waals surface area contributed by atoms with Crippen LogP contribution in [0.2, 0.25) is 0 Å². The van der Waals surface area contributed by atoms with Gasteiger partial charge < -0.3 is 15.5 Å². The van der Waals surface area contributed by atoms with Crippen LogP contribution in [0.1, 0.15) is 52.4 Å². The third-order valence-corrected chi connectivity index (χ3v) is 4.32. The van der Waals surface area contributed by atoms with Crippen LogP contribution in [0, 0.1) is 0 Å². The summed E-state index contributed by atoms with van der Waals surface area (Å²) < 4.78 is 0. The summed E-state index contributed by atoms with van der Waals surface area (Å²) in [4.78, 5) is 16.5. The molecular formula is C15H31N3O. The van der Waals surface area contributed by atoms with Gasteiger partial charge in [-0.1, -0.05) is 19.8 Å². The maximum Gasteiger partial charge on any atom is 0.242 e. The van der Waals surface area contributed by atoms with Crippen molar-refractivity contribution in [3.8, 4) is 0 Å². The lowest BCUT2D eigenvalue weighted by Gasteiger charge is -2.35. The summed E-state index contributed by atoms with van der Waals surface area (Å²) in [6, 6.07) is 0.624. The van der Waals surface area contributed by atoms with Crippen molar-refractivity contribution in [3.05, 3.63) is 0 Å². The molecule has 1 saturated heterocycles. The first-order valence-corrected chi connectivity index (χ1v) is 7.63. The molecule has 1 aliphatic rings. The van der Waals surface area contributed by atoms with Gasteiger partial charge in [-0.2, -0.15) is 0 Å². The molecule has 4 nitrogen and oxygen atoms in total. The van der Waals surface area contributed by atoms with Crippen molar-refractivity contribution in [2.75, 3.05) is 27.2 Å². The first-order chi connectivity index (χ1) is 8.88. The fourth-order valence-corrected chi connectivity index (χ4v) is 3.02. The van der Waals surface area contributed by atoms with Gasteiger partial charge in [0.15, 0.2) is 0 Å². The number of carbonyl (C=O) groups excluding carboxylic acids is 1. The van der Waals surface area contributed by atoms with Gasteiger partial charge in [0, 0.05) is 19.6 Å². The van der Waals surface area contributed by atoms with Crippen molar-refractivity contribution in [1.29, 1.82) is 0 Å². The predicted octanol–water partition coefficient (Wildman–Crippen LogP) is 1.84. The number of amides is 1. The Hall–Kier alpha value is -0.610. The van der Waals surface area contributed by atoms with Crippen LogP contribution in [-0.2, 0) is 4.79 Å². The average Bonchev–Trinajstić information content (AvgIpc) is 2.36. The Morgan fingerprint density at radius 1 is 1.47 bits per heavy atom. The van der Waals surface area contributed by atoms with E-state index in [-0.39, 0.29) is 5.91 Å². The zero-order chi connectivity index (χ0) is 14.5. The van der Waals surface area contributed by atoms with Crippen LogP contribution >= 0.6 is 0 Å². The largest absolute Gasteiger partial charge is 0.344 e. The van der Waals surface area contributed by atoms with Crippen LogP contribution in [0.4, 0.5) is 0 Å². The van der Waals surface area contributed by atoms with E-state index >= 15 is 0 Å². The summed E-state index contributed by atoms with van der Waals surface area (Å²) in [6.07, 6.45) is 6.63. The monoisotopic (exact) mass is 269 g/mol. The topological polar surface area (TPSA) is 49.6 Å². The van der Waals surface area contributed by atoms with Gasteiger partial charge in [0.1, 0.15) is 0 Å². The molecule has 0 aromatic carbocycles. The van der Waals surface area contributed by atoms with Gasteiger partial charge >= 0.3 is 0 Å². The molecule has 0 spiro atoms. The molecule has 0 bridgehead atoms. The van der Waals surface area contributed by atoms with E-state index in [2.05, 4.69) is 18.9 Å². The molecule has 1 fully saturated rings. The van der Waals surface area contributed by atoms with Crippen LogP contribution in [0.3, 0.4) is 0 Å². The van der Waals surface area contributed by atoms with E-state index in [0.29, 0.717) is 6.04 Å². The van der Waals surface area contributed by atoms with Crippen molar-refractivity contribution in [1.82, 2.24) is 9.80 Å². The summed E-state index contributed by atoms with van der Waals surface area (Å²) in [5, 5.41) is 0. The van der Waals surface area contributed by atoms with E-state index in [9.17, 15) is 4.79 Å². The maximum atomic E-state index is 12.3. The molecule has 1 aliphatic heterocycles. The van der Waals surface area contributed by atoms with Crippen LogP contribution in [0.5, 0.6) is 0 Å². The molecule has 0 aromatic rings. The normalized spacial score (nSPS) is 23.9. The number of hydrogen-bond acceptors (Lipinski definition) is 3. The molecule has 19 heavy (non-hydrogen) atoms. The summed E-state index contributed by atoms with van der Waals surface area (Å²) in [6.45, 7) is 5.91. The fraction of sp³-hybridized carbons (Fsp3) is 0.933. The minimum Gasteiger partial charge on any atom is -0.344 e. The zero-order valence-electron chi connectivity index (χ0n) is 13.1. The standard InChI is InChI=1S/C15H31N3O/c1-5-10-15(2,16)14(19)18(4)12-9-13-8-6-7-11-17(13)3/h13H,5-12,16H2,1-4H3. The lowest BCUT2D eigenvalue weighted by molar-refractivity contribution is -0.135. The molecule has 0 radical (unpaired) electrons. The summed E-state index contributed by atoms with van der Waals surface area (Å²) >= 11 is 0. The second-order valence-corrected chi connectivity index (χ2v) is 6.31. The van der Waals surface area contributed by atoms with Crippen LogP contribution in [0.15, 0.2) is 0 Å². The number of piperidine rings is 1. The number of likely N-dealkylation sites (tertiary alicyclic amines) is 1. The minimum absolute atomic E-state index is 0.0767.